The molecule has 1 atom stereocenters. The molecule has 1 aliphatic rings. The summed E-state index contributed by atoms with van der Waals surface area (Å²) in [7, 11) is 0. The number of nitrogens with one attached hydrogen (secondary N) is 1. The van der Waals surface area contributed by atoms with E-state index in [0.29, 0.717) is 16.5 Å². The Morgan fingerprint density at radius 3 is 2.28 bits per heavy atom. The van der Waals surface area contributed by atoms with E-state index in [4.69, 9.17) is 23.2 Å². The van der Waals surface area contributed by atoms with E-state index in [9.17, 15) is 9.59 Å². The minimum atomic E-state index is -0.664. The number of hydrogen-bond donors (Lipinski definition) is 1. The number of benzene rings is 3. The average Bonchev–Trinajstić information content (AvgIpc) is 2.88. The van der Waals surface area contributed by atoms with E-state index in [-0.39, 0.29) is 30.8 Å². The molecule has 0 radical (unpaired) electrons. The second kappa shape index (κ2) is 12.9. The lowest BCUT2D eigenvalue weighted by Crippen LogP contribution is -2.53. The van der Waals surface area contributed by atoms with Crippen molar-refractivity contribution in [3.05, 3.63) is 106 Å². The first-order valence-electron chi connectivity index (χ1n) is 12.6. The van der Waals surface area contributed by atoms with Crippen molar-refractivity contribution >= 4 is 35.0 Å². The van der Waals surface area contributed by atoms with Crippen LogP contribution in [0.4, 0.5) is 0 Å². The van der Waals surface area contributed by atoms with Crippen molar-refractivity contribution in [2.45, 2.75) is 63.6 Å². The number of hydrogen-bond acceptors (Lipinski definition) is 2. The number of rotatable bonds is 9. The Kier molecular flexibility index (Phi) is 9.43. The molecule has 0 unspecified atom stereocenters. The Morgan fingerprint density at radius 2 is 1.56 bits per heavy atom. The maximum atomic E-state index is 13.8. The highest BCUT2D eigenvalue weighted by Gasteiger charge is 2.32. The molecule has 4 rings (SSSR count). The normalized spacial score (nSPS) is 14.7. The Balaban J connectivity index is 1.66. The van der Waals surface area contributed by atoms with Crippen LogP contribution in [0.2, 0.25) is 10.0 Å². The summed E-state index contributed by atoms with van der Waals surface area (Å²) >= 11 is 12.6. The molecule has 0 saturated heterocycles. The number of amides is 2. The van der Waals surface area contributed by atoms with Gasteiger partial charge in [0.15, 0.2) is 0 Å². The molecule has 0 spiro atoms. The topological polar surface area (TPSA) is 49.4 Å². The van der Waals surface area contributed by atoms with Crippen LogP contribution in [0.3, 0.4) is 0 Å². The van der Waals surface area contributed by atoms with Gasteiger partial charge in [0.1, 0.15) is 6.04 Å². The van der Waals surface area contributed by atoms with Crippen molar-refractivity contribution < 1.29 is 9.59 Å². The molecule has 0 aromatic heterocycles. The first kappa shape index (κ1) is 26.2. The van der Waals surface area contributed by atoms with E-state index >= 15 is 0 Å². The van der Waals surface area contributed by atoms with Crippen molar-refractivity contribution in [3.8, 4) is 0 Å². The van der Waals surface area contributed by atoms with Crippen LogP contribution in [0.5, 0.6) is 0 Å². The van der Waals surface area contributed by atoms with Crippen LogP contribution >= 0.6 is 23.2 Å². The maximum Gasteiger partial charge on any atom is 0.243 e. The summed E-state index contributed by atoms with van der Waals surface area (Å²) in [5.41, 5.74) is 2.62. The maximum absolute atomic E-state index is 13.8. The predicted octanol–water partition coefficient (Wildman–Crippen LogP) is 6.62. The lowest BCUT2D eigenvalue weighted by Gasteiger charge is -2.33. The molecule has 1 fully saturated rings. The molecule has 2 amide bonds. The fourth-order valence-electron chi connectivity index (χ4n) is 4.84. The molecular weight excluding hydrogens is 491 g/mol. The van der Waals surface area contributed by atoms with Gasteiger partial charge >= 0.3 is 0 Å². The SMILES string of the molecule is O=C(NC1CCCCC1)[C@H](Cc1ccccc1)N(Cc1cccc(Cl)c1)C(=O)Cc1ccccc1Cl. The molecule has 6 heteroatoms. The second-order valence-electron chi connectivity index (χ2n) is 9.47. The van der Waals surface area contributed by atoms with Crippen LogP contribution in [-0.2, 0) is 29.0 Å². The van der Waals surface area contributed by atoms with E-state index in [2.05, 4.69) is 5.32 Å². The minimum Gasteiger partial charge on any atom is -0.352 e. The van der Waals surface area contributed by atoms with Gasteiger partial charge in [-0.05, 0) is 47.7 Å². The molecule has 1 N–H and O–H groups in total. The average molecular weight is 524 g/mol. The molecule has 4 nitrogen and oxygen atoms in total. The van der Waals surface area contributed by atoms with Crippen LogP contribution in [0.25, 0.3) is 0 Å². The van der Waals surface area contributed by atoms with Crippen molar-refractivity contribution in [1.29, 1.82) is 0 Å². The highest BCUT2D eigenvalue weighted by Crippen LogP contribution is 2.22. The second-order valence-corrected chi connectivity index (χ2v) is 10.3. The summed E-state index contributed by atoms with van der Waals surface area (Å²) < 4.78 is 0. The predicted molar refractivity (Wildman–Crippen MR) is 146 cm³/mol. The standard InChI is InChI=1S/C30H32Cl2N2O2/c31-25-14-9-12-23(18-25)21-34(29(35)20-24-13-7-8-17-27(24)32)28(19-22-10-3-1-4-11-22)30(36)33-26-15-5-2-6-16-26/h1,3-4,7-14,17-18,26,28H,2,5-6,15-16,19-21H2,(H,33,36)/t28-/m0/s1. The third kappa shape index (κ3) is 7.35. The van der Waals surface area contributed by atoms with E-state index in [1.807, 2.05) is 66.7 Å². The van der Waals surface area contributed by atoms with Gasteiger partial charge in [-0.1, -0.05) is 103 Å². The fraction of sp³-hybridized carbons (Fsp3) is 0.333. The zero-order chi connectivity index (χ0) is 25.3. The first-order chi connectivity index (χ1) is 17.5. The van der Waals surface area contributed by atoms with E-state index in [1.54, 1.807) is 17.0 Å². The van der Waals surface area contributed by atoms with Gasteiger partial charge in [-0.25, -0.2) is 0 Å². The number of nitrogens with zero attached hydrogens (tertiary/aromatic N) is 1. The molecule has 188 valence electrons. The van der Waals surface area contributed by atoms with Crippen molar-refractivity contribution in [1.82, 2.24) is 10.2 Å². The third-order valence-corrected chi connectivity index (χ3v) is 7.37. The molecule has 0 aliphatic heterocycles. The van der Waals surface area contributed by atoms with Gasteiger partial charge in [0.2, 0.25) is 11.8 Å². The van der Waals surface area contributed by atoms with Gasteiger partial charge in [-0.2, -0.15) is 0 Å². The molecule has 36 heavy (non-hydrogen) atoms. The summed E-state index contributed by atoms with van der Waals surface area (Å²) in [5, 5.41) is 4.40. The summed E-state index contributed by atoms with van der Waals surface area (Å²) in [4.78, 5) is 29.3. The number of halogens is 2. The van der Waals surface area contributed by atoms with E-state index < -0.39 is 6.04 Å². The zero-order valence-corrected chi connectivity index (χ0v) is 21.8. The number of carbonyl (C=O) groups excluding carboxylic acids is 2. The van der Waals surface area contributed by atoms with Gasteiger partial charge in [0.05, 0.1) is 6.42 Å². The summed E-state index contributed by atoms with van der Waals surface area (Å²) in [6.45, 7) is 0.277. The van der Waals surface area contributed by atoms with Gasteiger partial charge in [0.25, 0.3) is 0 Å². The fourth-order valence-corrected chi connectivity index (χ4v) is 5.25. The van der Waals surface area contributed by atoms with Crippen LogP contribution in [0.1, 0.15) is 48.8 Å². The van der Waals surface area contributed by atoms with Gasteiger partial charge in [-0.3, -0.25) is 9.59 Å². The molecule has 1 saturated carbocycles. The lowest BCUT2D eigenvalue weighted by atomic mass is 9.94. The largest absolute Gasteiger partial charge is 0.352 e. The van der Waals surface area contributed by atoms with Gasteiger partial charge in [-0.15, -0.1) is 0 Å². The molecule has 1 aliphatic carbocycles. The highest BCUT2D eigenvalue weighted by molar-refractivity contribution is 6.31. The number of carbonyl (C=O) groups is 2. The van der Waals surface area contributed by atoms with Gasteiger partial charge < -0.3 is 10.2 Å². The molecule has 3 aromatic rings. The van der Waals surface area contributed by atoms with Crippen molar-refractivity contribution in [2.24, 2.45) is 0 Å². The van der Waals surface area contributed by atoms with Crippen LogP contribution in [-0.4, -0.2) is 28.8 Å². The van der Waals surface area contributed by atoms with Crippen molar-refractivity contribution in [2.75, 3.05) is 0 Å². The summed E-state index contributed by atoms with van der Waals surface area (Å²) in [6, 6.07) is 24.1. The van der Waals surface area contributed by atoms with E-state index in [1.165, 1.54) is 6.42 Å². The quantitative estimate of drug-likeness (QED) is 0.343. The Hall–Kier alpha value is -2.82. The zero-order valence-electron chi connectivity index (χ0n) is 20.3. The lowest BCUT2D eigenvalue weighted by molar-refractivity contribution is -0.141. The molecular formula is C30H32Cl2N2O2. The third-order valence-electron chi connectivity index (χ3n) is 6.76. The van der Waals surface area contributed by atoms with Gasteiger partial charge in [0, 0.05) is 29.1 Å². The van der Waals surface area contributed by atoms with Crippen LogP contribution in [0.15, 0.2) is 78.9 Å². The van der Waals surface area contributed by atoms with Crippen LogP contribution < -0.4 is 5.32 Å². The smallest absolute Gasteiger partial charge is 0.243 e. The Labute approximate surface area is 223 Å². The molecule has 3 aromatic carbocycles. The molecule has 0 heterocycles. The monoisotopic (exact) mass is 522 g/mol. The van der Waals surface area contributed by atoms with E-state index in [0.717, 1.165) is 42.4 Å². The Bertz CT molecular complexity index is 1160. The highest BCUT2D eigenvalue weighted by atomic mass is 35.5. The first-order valence-corrected chi connectivity index (χ1v) is 13.4. The van der Waals surface area contributed by atoms with Crippen molar-refractivity contribution in [3.63, 3.8) is 0 Å². The summed E-state index contributed by atoms with van der Waals surface area (Å²) in [5.74, 6) is -0.261. The summed E-state index contributed by atoms with van der Waals surface area (Å²) in [6.07, 6.45) is 5.93. The Morgan fingerprint density at radius 1 is 0.861 bits per heavy atom. The minimum absolute atomic E-state index is 0.111. The van der Waals surface area contributed by atoms with Crippen LogP contribution in [0, 0.1) is 0 Å². The molecule has 0 bridgehead atoms.